The molecule has 4 heterocycles. The van der Waals surface area contributed by atoms with E-state index in [0.717, 1.165) is 60.3 Å². The molecular weight excluding hydrogens is 560 g/mol. The molecule has 2 aliphatic rings. The van der Waals surface area contributed by atoms with Crippen LogP contribution in [0.5, 0.6) is 0 Å². The molecule has 1 amide bonds. The summed E-state index contributed by atoms with van der Waals surface area (Å²) in [6.45, 7) is 7.65. The molecule has 2 fully saturated rings. The van der Waals surface area contributed by atoms with Crippen LogP contribution in [0, 0.1) is 13.8 Å². The number of thiocarbonyl (C=S) groups is 1. The summed E-state index contributed by atoms with van der Waals surface area (Å²) in [5, 5.41) is 7.03. The second-order valence-electron chi connectivity index (χ2n) is 10.8. The maximum absolute atomic E-state index is 12.0. The van der Waals surface area contributed by atoms with E-state index >= 15 is 0 Å². The predicted octanol–water partition coefficient (Wildman–Crippen LogP) is 5.09. The van der Waals surface area contributed by atoms with Crippen molar-refractivity contribution in [3.63, 3.8) is 0 Å². The van der Waals surface area contributed by atoms with E-state index in [1.54, 1.807) is 0 Å². The Kier molecular flexibility index (Phi) is 8.42. The van der Waals surface area contributed by atoms with Crippen molar-refractivity contribution in [2.45, 2.75) is 25.9 Å². The van der Waals surface area contributed by atoms with Gasteiger partial charge in [0.15, 0.2) is 5.11 Å². The van der Waals surface area contributed by atoms with E-state index in [2.05, 4.69) is 69.2 Å². The first-order valence-corrected chi connectivity index (χ1v) is 14.9. The van der Waals surface area contributed by atoms with E-state index in [0.29, 0.717) is 10.8 Å². The molecule has 2 saturated heterocycles. The van der Waals surface area contributed by atoms with Gasteiger partial charge in [0.25, 0.3) is 0 Å². The van der Waals surface area contributed by atoms with E-state index in [9.17, 15) is 4.79 Å². The maximum atomic E-state index is 12.0. The van der Waals surface area contributed by atoms with Gasteiger partial charge in [0, 0.05) is 60.5 Å². The molecular formula is C33H36N6O3S. The number of carbonyl (C=O) groups is 1. The molecule has 0 radical (unpaired) electrons. The number of carbonyl (C=O) groups excluding carboxylic acids is 1. The smallest absolute Gasteiger partial charge is 0.250 e. The van der Waals surface area contributed by atoms with Crippen LogP contribution in [0.1, 0.15) is 34.7 Å². The number of ether oxygens (including phenoxy) is 2. The third-order valence-electron chi connectivity index (χ3n) is 8.08. The molecule has 2 aromatic heterocycles. The number of aromatic nitrogens is 2. The van der Waals surface area contributed by atoms with E-state index in [4.69, 9.17) is 26.7 Å². The lowest BCUT2D eigenvalue weighted by Gasteiger charge is -2.29. The molecule has 2 N–H and O–H groups in total. The quantitative estimate of drug-likeness (QED) is 0.272. The Morgan fingerprint density at radius 2 is 1.72 bits per heavy atom. The van der Waals surface area contributed by atoms with Crippen molar-refractivity contribution in [2.24, 2.45) is 0 Å². The average Bonchev–Trinajstić information content (AvgIpc) is 3.53. The van der Waals surface area contributed by atoms with Crippen LogP contribution in [-0.4, -0.2) is 60.6 Å². The van der Waals surface area contributed by atoms with Crippen LogP contribution >= 0.6 is 12.2 Å². The zero-order valence-corrected chi connectivity index (χ0v) is 25.4. The summed E-state index contributed by atoms with van der Waals surface area (Å²) in [6.07, 6.45) is 1.82. The number of nitrogens with one attached hydrogen (secondary N) is 2. The fraction of sp³-hybridized carbons (Fsp3) is 0.303. The zero-order valence-electron chi connectivity index (χ0n) is 24.6. The Morgan fingerprint density at radius 1 is 1.02 bits per heavy atom. The molecule has 0 aliphatic carbocycles. The fourth-order valence-electron chi connectivity index (χ4n) is 6.10. The summed E-state index contributed by atoms with van der Waals surface area (Å²) in [6, 6.07) is 24.4. The molecule has 2 aromatic carbocycles. The Labute approximate surface area is 257 Å². The molecule has 0 spiro atoms. The second kappa shape index (κ2) is 12.5. The zero-order chi connectivity index (χ0) is 29.9. The largest absolute Gasteiger partial charge is 0.378 e. The van der Waals surface area contributed by atoms with Crippen LogP contribution in [0.3, 0.4) is 0 Å². The minimum atomic E-state index is -0.202. The van der Waals surface area contributed by atoms with Gasteiger partial charge in [-0.3, -0.25) is 9.78 Å². The first-order valence-electron chi connectivity index (χ1n) is 14.5. The number of rotatable bonds is 8. The molecule has 10 heteroatoms. The van der Waals surface area contributed by atoms with Gasteiger partial charge in [0.1, 0.15) is 6.61 Å². The Balaban J connectivity index is 1.36. The number of benzene rings is 2. The maximum Gasteiger partial charge on any atom is 0.250 e. The third-order valence-corrected chi connectivity index (χ3v) is 8.39. The highest BCUT2D eigenvalue weighted by Gasteiger charge is 2.42. The normalized spacial score (nSPS) is 18.5. The molecule has 0 bridgehead atoms. The number of methoxy groups -OCH3 is 1. The van der Waals surface area contributed by atoms with Gasteiger partial charge in [-0.05, 0) is 98.4 Å². The number of hydrogen-bond donors (Lipinski definition) is 2. The van der Waals surface area contributed by atoms with E-state index < -0.39 is 0 Å². The van der Waals surface area contributed by atoms with Crippen molar-refractivity contribution in [1.82, 2.24) is 14.9 Å². The number of hydrogen-bond acceptors (Lipinski definition) is 6. The van der Waals surface area contributed by atoms with Gasteiger partial charge in [-0.25, -0.2) is 0 Å². The van der Waals surface area contributed by atoms with Crippen molar-refractivity contribution in [2.75, 3.05) is 55.1 Å². The number of nitrogens with zero attached hydrogens (tertiary/aromatic N) is 4. The Bertz CT molecular complexity index is 1580. The number of pyridine rings is 1. The van der Waals surface area contributed by atoms with E-state index in [1.165, 1.54) is 12.8 Å². The molecule has 4 aromatic rings. The van der Waals surface area contributed by atoms with Gasteiger partial charge in [-0.15, -0.1) is 0 Å². The minimum absolute atomic E-state index is 0.00126. The molecule has 2 atom stereocenters. The first-order chi connectivity index (χ1) is 20.9. The van der Waals surface area contributed by atoms with Gasteiger partial charge < -0.3 is 34.5 Å². The lowest BCUT2D eigenvalue weighted by molar-refractivity contribution is -0.119. The summed E-state index contributed by atoms with van der Waals surface area (Å²) >= 11 is 5.95. The fourth-order valence-corrected chi connectivity index (χ4v) is 6.45. The highest BCUT2D eigenvalue weighted by atomic mass is 32.1. The summed E-state index contributed by atoms with van der Waals surface area (Å²) in [7, 11) is 1.50. The van der Waals surface area contributed by atoms with Crippen molar-refractivity contribution in [3.8, 4) is 5.69 Å². The van der Waals surface area contributed by atoms with Crippen LogP contribution in [-0.2, 0) is 14.3 Å². The number of aryl methyl sites for hydroxylation is 1. The van der Waals surface area contributed by atoms with Gasteiger partial charge in [0.05, 0.1) is 31.0 Å². The minimum Gasteiger partial charge on any atom is -0.378 e. The van der Waals surface area contributed by atoms with Crippen LogP contribution in [0.25, 0.3) is 5.69 Å². The SMILES string of the molecule is COCC(=O)Nc1ccc(N2C(=S)N[C@@H](c3ccccn3)[C@H]2c2cc(C)n(-c3ccc(N4CCOCC4)cc3)c2C)cc1. The number of anilines is 3. The van der Waals surface area contributed by atoms with Crippen molar-refractivity contribution >= 4 is 40.3 Å². The summed E-state index contributed by atoms with van der Waals surface area (Å²) in [4.78, 5) is 21.3. The van der Waals surface area contributed by atoms with Crippen LogP contribution in [0.15, 0.2) is 79.0 Å². The molecule has 0 saturated carbocycles. The topological polar surface area (TPSA) is 83.9 Å². The first kappa shape index (κ1) is 28.9. The predicted molar refractivity (Wildman–Crippen MR) is 173 cm³/mol. The summed E-state index contributed by atoms with van der Waals surface area (Å²) in [5.41, 5.74) is 8.30. The molecule has 43 heavy (non-hydrogen) atoms. The molecule has 222 valence electrons. The van der Waals surface area contributed by atoms with Crippen molar-refractivity contribution in [3.05, 3.63) is 102 Å². The summed E-state index contributed by atoms with van der Waals surface area (Å²) < 4.78 is 12.8. The van der Waals surface area contributed by atoms with Crippen molar-refractivity contribution in [1.29, 1.82) is 0 Å². The lowest BCUT2D eigenvalue weighted by Crippen LogP contribution is -2.36. The highest BCUT2D eigenvalue weighted by Crippen LogP contribution is 2.44. The van der Waals surface area contributed by atoms with Gasteiger partial charge in [-0.2, -0.15) is 0 Å². The van der Waals surface area contributed by atoms with Crippen molar-refractivity contribution < 1.29 is 14.3 Å². The number of amides is 1. The van der Waals surface area contributed by atoms with Crippen LogP contribution < -0.4 is 20.4 Å². The lowest BCUT2D eigenvalue weighted by atomic mass is 9.96. The monoisotopic (exact) mass is 596 g/mol. The highest BCUT2D eigenvalue weighted by molar-refractivity contribution is 7.80. The van der Waals surface area contributed by atoms with E-state index in [-0.39, 0.29) is 24.6 Å². The van der Waals surface area contributed by atoms with E-state index in [1.807, 2.05) is 48.7 Å². The molecule has 2 aliphatic heterocycles. The Morgan fingerprint density at radius 3 is 2.40 bits per heavy atom. The average molecular weight is 597 g/mol. The van der Waals surface area contributed by atoms with Crippen LogP contribution in [0.4, 0.5) is 17.1 Å². The molecule has 6 rings (SSSR count). The van der Waals surface area contributed by atoms with Gasteiger partial charge in [0.2, 0.25) is 5.91 Å². The Hall–Kier alpha value is -4.25. The van der Waals surface area contributed by atoms with Crippen LogP contribution in [0.2, 0.25) is 0 Å². The standard InChI is InChI=1S/C33H36N6O3S/c1-22-20-28(23(2)38(22)26-13-11-25(12-14-26)37-16-18-42-19-17-37)32-31(29-6-4-5-15-34-29)36-33(43)39(32)27-9-7-24(8-10-27)35-30(40)21-41-3/h4-15,20,31-32H,16-19,21H2,1-3H3,(H,35,40)(H,36,43)/t31-,32+/m0/s1. The molecule has 0 unspecified atom stereocenters. The van der Waals surface area contributed by atoms with Gasteiger partial charge >= 0.3 is 0 Å². The number of morpholine rings is 1. The molecule has 9 nitrogen and oxygen atoms in total. The second-order valence-corrected chi connectivity index (χ2v) is 11.2. The van der Waals surface area contributed by atoms with Gasteiger partial charge in [-0.1, -0.05) is 6.07 Å². The third kappa shape index (κ3) is 5.86. The summed E-state index contributed by atoms with van der Waals surface area (Å²) in [5.74, 6) is -0.202.